The molecule has 146 valence electrons. The number of hydrogen-bond acceptors (Lipinski definition) is 7. The van der Waals surface area contributed by atoms with E-state index in [1.165, 1.54) is 0 Å². The molecule has 0 spiro atoms. The molecule has 0 aromatic heterocycles. The van der Waals surface area contributed by atoms with Crippen LogP contribution in [-0.4, -0.2) is 81.8 Å². The van der Waals surface area contributed by atoms with Gasteiger partial charge in [-0.25, -0.2) is 0 Å². The SMILES string of the molecule is CC(C)NCCOCCOCCOCCOCCN[S+]([O-])C(C)C. The first-order valence-corrected chi connectivity index (χ1v) is 9.93. The second-order valence-corrected chi connectivity index (χ2v) is 7.63. The lowest BCUT2D eigenvalue weighted by molar-refractivity contribution is -0.000906. The molecule has 2 N–H and O–H groups in total. The second-order valence-electron chi connectivity index (χ2n) is 5.80. The molecule has 0 aromatic carbocycles. The molecule has 0 fully saturated rings. The van der Waals surface area contributed by atoms with Crippen LogP contribution in [-0.2, 0) is 30.3 Å². The highest BCUT2D eigenvalue weighted by Crippen LogP contribution is 1.94. The van der Waals surface area contributed by atoms with E-state index < -0.39 is 11.4 Å². The smallest absolute Gasteiger partial charge is 0.129 e. The van der Waals surface area contributed by atoms with Gasteiger partial charge in [0.05, 0.1) is 59.4 Å². The van der Waals surface area contributed by atoms with Gasteiger partial charge >= 0.3 is 0 Å². The quantitative estimate of drug-likeness (QED) is 0.272. The fraction of sp³-hybridized carbons (Fsp3) is 1.00. The van der Waals surface area contributed by atoms with Crippen LogP contribution in [0, 0.1) is 0 Å². The molecule has 24 heavy (non-hydrogen) atoms. The molecule has 0 aliphatic heterocycles. The summed E-state index contributed by atoms with van der Waals surface area (Å²) in [6.45, 7) is 14.1. The molecule has 0 saturated carbocycles. The van der Waals surface area contributed by atoms with Gasteiger partial charge in [-0.2, -0.15) is 0 Å². The Morgan fingerprint density at radius 2 is 1.12 bits per heavy atom. The predicted octanol–water partition coefficient (Wildman–Crippen LogP) is 0.713. The summed E-state index contributed by atoms with van der Waals surface area (Å²) in [4.78, 5) is 0. The molecule has 0 aromatic rings. The standard InChI is InChI=1S/C16H36N2O5S/c1-15(2)17-5-7-20-9-11-22-13-14-23-12-10-21-8-6-18-24(19)16(3)4/h15-18H,5-14H2,1-4H3. The fourth-order valence-corrected chi connectivity index (χ4v) is 2.18. The Morgan fingerprint density at radius 3 is 1.54 bits per heavy atom. The maximum absolute atomic E-state index is 11.4. The first-order valence-electron chi connectivity index (χ1n) is 8.72. The van der Waals surface area contributed by atoms with Crippen LogP contribution >= 0.6 is 0 Å². The molecule has 8 heteroatoms. The van der Waals surface area contributed by atoms with Gasteiger partial charge in [-0.1, -0.05) is 13.8 Å². The Balaban J connectivity index is 3.05. The lowest BCUT2D eigenvalue weighted by Gasteiger charge is -2.14. The van der Waals surface area contributed by atoms with Crippen LogP contribution in [0.25, 0.3) is 0 Å². The Kier molecular flexibility index (Phi) is 17.9. The van der Waals surface area contributed by atoms with Crippen LogP contribution in [0.2, 0.25) is 0 Å². The van der Waals surface area contributed by atoms with Crippen molar-refractivity contribution in [1.82, 2.24) is 10.0 Å². The van der Waals surface area contributed by atoms with Gasteiger partial charge in [0.2, 0.25) is 0 Å². The van der Waals surface area contributed by atoms with E-state index in [1.807, 2.05) is 13.8 Å². The lowest BCUT2D eigenvalue weighted by atomic mass is 10.4. The van der Waals surface area contributed by atoms with Crippen LogP contribution in [0.5, 0.6) is 0 Å². The Hall–Kier alpha value is 0.0700. The number of nitrogens with one attached hydrogen (secondary N) is 2. The van der Waals surface area contributed by atoms with E-state index in [0.29, 0.717) is 65.4 Å². The van der Waals surface area contributed by atoms with E-state index in [-0.39, 0.29) is 5.25 Å². The van der Waals surface area contributed by atoms with E-state index in [1.54, 1.807) is 0 Å². The maximum atomic E-state index is 11.4. The molecule has 7 nitrogen and oxygen atoms in total. The van der Waals surface area contributed by atoms with Crippen molar-refractivity contribution in [2.45, 2.75) is 39.0 Å². The molecule has 0 aliphatic rings. The minimum Gasteiger partial charge on any atom is -0.598 e. The number of rotatable bonds is 18. The van der Waals surface area contributed by atoms with E-state index in [2.05, 4.69) is 23.9 Å². The third-order valence-electron chi connectivity index (χ3n) is 2.83. The lowest BCUT2D eigenvalue weighted by Crippen LogP contribution is -2.33. The molecule has 0 heterocycles. The fourth-order valence-electron chi connectivity index (χ4n) is 1.56. The normalized spacial score (nSPS) is 13.1. The summed E-state index contributed by atoms with van der Waals surface area (Å²) < 4.78 is 35.9. The highest BCUT2D eigenvalue weighted by Gasteiger charge is 2.09. The summed E-state index contributed by atoms with van der Waals surface area (Å²) in [5, 5.41) is 3.40. The molecule has 0 aliphatic carbocycles. The van der Waals surface area contributed by atoms with Gasteiger partial charge < -0.3 is 28.8 Å². The average molecular weight is 369 g/mol. The third-order valence-corrected chi connectivity index (χ3v) is 4.18. The van der Waals surface area contributed by atoms with Crippen molar-refractivity contribution in [2.24, 2.45) is 0 Å². The van der Waals surface area contributed by atoms with Crippen LogP contribution in [0.4, 0.5) is 0 Å². The van der Waals surface area contributed by atoms with Gasteiger partial charge in [0.1, 0.15) is 5.25 Å². The molecule has 0 radical (unpaired) electrons. The first kappa shape index (κ1) is 24.1. The zero-order valence-corrected chi connectivity index (χ0v) is 16.5. The number of hydrogen-bond donors (Lipinski definition) is 2. The van der Waals surface area contributed by atoms with Crippen LogP contribution in [0.1, 0.15) is 27.7 Å². The van der Waals surface area contributed by atoms with E-state index in [4.69, 9.17) is 18.9 Å². The third kappa shape index (κ3) is 18.4. The van der Waals surface area contributed by atoms with Gasteiger partial charge in [-0.15, -0.1) is 4.72 Å². The molecular weight excluding hydrogens is 332 g/mol. The molecule has 0 amide bonds. The Labute approximate surface area is 150 Å². The minimum atomic E-state index is -0.982. The van der Waals surface area contributed by atoms with Gasteiger partial charge in [-0.3, -0.25) is 0 Å². The zero-order valence-electron chi connectivity index (χ0n) is 15.7. The second kappa shape index (κ2) is 17.9. The largest absolute Gasteiger partial charge is 0.598 e. The summed E-state index contributed by atoms with van der Waals surface area (Å²) in [5.41, 5.74) is 0. The van der Waals surface area contributed by atoms with E-state index in [9.17, 15) is 4.55 Å². The van der Waals surface area contributed by atoms with Crippen LogP contribution in [0.15, 0.2) is 0 Å². The van der Waals surface area contributed by atoms with Crippen molar-refractivity contribution in [3.63, 3.8) is 0 Å². The highest BCUT2D eigenvalue weighted by molar-refractivity contribution is 7.90. The monoisotopic (exact) mass is 368 g/mol. The molecule has 1 atom stereocenters. The van der Waals surface area contributed by atoms with Gasteiger partial charge in [-0.05, 0) is 13.8 Å². The summed E-state index contributed by atoms with van der Waals surface area (Å²) >= 11 is -0.982. The van der Waals surface area contributed by atoms with Gasteiger partial charge in [0, 0.05) is 23.9 Å². The Morgan fingerprint density at radius 1 is 0.708 bits per heavy atom. The van der Waals surface area contributed by atoms with Crippen molar-refractivity contribution in [2.75, 3.05) is 65.9 Å². The summed E-state index contributed by atoms with van der Waals surface area (Å²) in [6.07, 6.45) is 0. The minimum absolute atomic E-state index is 0.121. The first-order chi connectivity index (χ1) is 11.5. The predicted molar refractivity (Wildman–Crippen MR) is 97.7 cm³/mol. The van der Waals surface area contributed by atoms with Gasteiger partial charge in [0.15, 0.2) is 0 Å². The Bertz CT molecular complexity index is 261. The zero-order chi connectivity index (χ0) is 18.0. The van der Waals surface area contributed by atoms with Crippen molar-refractivity contribution in [3.8, 4) is 0 Å². The summed E-state index contributed by atoms with van der Waals surface area (Å²) in [5.74, 6) is 0. The molecule has 0 saturated heterocycles. The van der Waals surface area contributed by atoms with Gasteiger partial charge in [0.25, 0.3) is 0 Å². The van der Waals surface area contributed by atoms with Crippen molar-refractivity contribution >= 4 is 11.4 Å². The molecular formula is C16H36N2O5S. The maximum Gasteiger partial charge on any atom is 0.129 e. The van der Waals surface area contributed by atoms with E-state index >= 15 is 0 Å². The molecule has 1 unspecified atom stereocenters. The van der Waals surface area contributed by atoms with Crippen molar-refractivity contribution in [1.29, 1.82) is 0 Å². The topological polar surface area (TPSA) is 84.0 Å². The molecule has 0 rings (SSSR count). The summed E-state index contributed by atoms with van der Waals surface area (Å²) in [7, 11) is 0. The highest BCUT2D eigenvalue weighted by atomic mass is 32.2. The average Bonchev–Trinajstić information content (AvgIpc) is 2.53. The van der Waals surface area contributed by atoms with Crippen LogP contribution < -0.4 is 10.0 Å². The van der Waals surface area contributed by atoms with Crippen molar-refractivity contribution in [3.05, 3.63) is 0 Å². The summed E-state index contributed by atoms with van der Waals surface area (Å²) in [6, 6.07) is 0.492. The number of ether oxygens (including phenoxy) is 4. The van der Waals surface area contributed by atoms with Crippen molar-refractivity contribution < 1.29 is 23.5 Å². The van der Waals surface area contributed by atoms with E-state index in [0.717, 1.165) is 6.54 Å². The molecule has 0 bridgehead atoms. The van der Waals surface area contributed by atoms with Crippen LogP contribution in [0.3, 0.4) is 0 Å².